The standard InChI is InChI=1S/C8H4F8N2O2/c1-20-5(19)3-2(7(11,12)13)4(18-17-3)6(9,10)8(14,15)16/h1H3,(H,17,18). The van der Waals surface area contributed by atoms with Crippen molar-refractivity contribution in [2.24, 2.45) is 0 Å². The molecule has 114 valence electrons. The minimum absolute atomic E-state index is 0.616. The summed E-state index contributed by atoms with van der Waals surface area (Å²) in [7, 11) is 0.616. The number of nitrogens with zero attached hydrogens (tertiary/aromatic N) is 1. The molecule has 1 N–H and O–H groups in total. The number of rotatable bonds is 2. The Morgan fingerprint density at radius 2 is 1.60 bits per heavy atom. The summed E-state index contributed by atoms with van der Waals surface area (Å²) in [5.74, 6) is -7.67. The van der Waals surface area contributed by atoms with E-state index in [1.165, 1.54) is 5.10 Å². The first-order valence-corrected chi connectivity index (χ1v) is 4.53. The summed E-state index contributed by atoms with van der Waals surface area (Å²) in [6, 6.07) is 0. The number of halogens is 8. The van der Waals surface area contributed by atoms with Gasteiger partial charge in [-0.2, -0.15) is 40.2 Å². The van der Waals surface area contributed by atoms with Gasteiger partial charge in [0.1, 0.15) is 5.56 Å². The van der Waals surface area contributed by atoms with Crippen LogP contribution in [0.15, 0.2) is 0 Å². The summed E-state index contributed by atoms with van der Waals surface area (Å²) in [5.41, 5.74) is -6.80. The van der Waals surface area contributed by atoms with Crippen LogP contribution < -0.4 is 0 Å². The minimum atomic E-state index is -6.31. The predicted octanol–water partition coefficient (Wildman–Crippen LogP) is 2.87. The zero-order valence-corrected chi connectivity index (χ0v) is 9.29. The fraction of sp³-hybridized carbons (Fsp3) is 0.500. The highest BCUT2D eigenvalue weighted by Crippen LogP contribution is 2.48. The molecule has 1 rings (SSSR count). The molecule has 1 aromatic rings. The maximum atomic E-state index is 13.0. The fourth-order valence-corrected chi connectivity index (χ4v) is 1.23. The lowest BCUT2D eigenvalue weighted by Gasteiger charge is -2.19. The van der Waals surface area contributed by atoms with Gasteiger partial charge in [-0.25, -0.2) is 4.79 Å². The molecular weight excluding hydrogens is 308 g/mol. The van der Waals surface area contributed by atoms with E-state index in [4.69, 9.17) is 0 Å². The summed E-state index contributed by atoms with van der Waals surface area (Å²) in [4.78, 5) is 11.0. The molecule has 0 atom stereocenters. The van der Waals surface area contributed by atoms with E-state index in [2.05, 4.69) is 9.84 Å². The van der Waals surface area contributed by atoms with Crippen molar-refractivity contribution in [2.75, 3.05) is 7.11 Å². The molecule has 0 aliphatic carbocycles. The van der Waals surface area contributed by atoms with E-state index >= 15 is 0 Å². The minimum Gasteiger partial charge on any atom is -0.464 e. The highest BCUT2D eigenvalue weighted by atomic mass is 19.4. The maximum absolute atomic E-state index is 13.0. The summed E-state index contributed by atoms with van der Waals surface area (Å²) >= 11 is 0. The lowest BCUT2D eigenvalue weighted by Crippen LogP contribution is -2.36. The Kier molecular flexibility index (Phi) is 3.72. The van der Waals surface area contributed by atoms with Crippen LogP contribution in [0, 0.1) is 0 Å². The average Bonchev–Trinajstić information content (AvgIpc) is 2.70. The first-order chi connectivity index (χ1) is 8.84. The van der Waals surface area contributed by atoms with Crippen molar-refractivity contribution in [1.82, 2.24) is 10.2 Å². The van der Waals surface area contributed by atoms with Crippen molar-refractivity contribution in [2.45, 2.75) is 18.3 Å². The number of esters is 1. The van der Waals surface area contributed by atoms with E-state index in [0.717, 1.165) is 0 Å². The molecule has 1 aromatic heterocycles. The zero-order chi connectivity index (χ0) is 15.9. The van der Waals surface area contributed by atoms with Crippen LogP contribution >= 0.6 is 0 Å². The van der Waals surface area contributed by atoms with Gasteiger partial charge in [-0.3, -0.25) is 5.10 Å². The van der Waals surface area contributed by atoms with E-state index in [9.17, 15) is 39.9 Å². The van der Waals surface area contributed by atoms with Gasteiger partial charge in [-0.1, -0.05) is 0 Å². The number of carbonyl (C=O) groups is 1. The van der Waals surface area contributed by atoms with Gasteiger partial charge in [0.15, 0.2) is 11.4 Å². The normalized spacial score (nSPS) is 13.4. The van der Waals surface area contributed by atoms with Crippen LogP contribution in [0.2, 0.25) is 0 Å². The van der Waals surface area contributed by atoms with E-state index in [1.54, 1.807) is 0 Å². The van der Waals surface area contributed by atoms with Gasteiger partial charge < -0.3 is 4.74 Å². The van der Waals surface area contributed by atoms with Gasteiger partial charge in [0.2, 0.25) is 0 Å². The second-order valence-electron chi connectivity index (χ2n) is 3.38. The van der Waals surface area contributed by atoms with Crippen LogP contribution in [-0.2, 0) is 16.8 Å². The van der Waals surface area contributed by atoms with E-state index in [1.807, 2.05) is 0 Å². The highest BCUT2D eigenvalue weighted by Gasteiger charge is 2.64. The number of hydrogen-bond donors (Lipinski definition) is 1. The topological polar surface area (TPSA) is 55.0 Å². The first-order valence-electron chi connectivity index (χ1n) is 4.53. The molecule has 0 aliphatic rings. The smallest absolute Gasteiger partial charge is 0.459 e. The zero-order valence-electron chi connectivity index (χ0n) is 9.29. The number of nitrogens with one attached hydrogen (secondary N) is 1. The average molecular weight is 312 g/mol. The molecular formula is C8H4F8N2O2. The van der Waals surface area contributed by atoms with E-state index in [-0.39, 0.29) is 0 Å². The van der Waals surface area contributed by atoms with Gasteiger partial charge in [-0.05, 0) is 0 Å². The molecule has 12 heteroatoms. The molecule has 0 fully saturated rings. The van der Waals surface area contributed by atoms with Gasteiger partial charge in [0.25, 0.3) is 0 Å². The number of H-pyrrole nitrogens is 1. The number of methoxy groups -OCH3 is 1. The predicted molar refractivity (Wildman–Crippen MR) is 44.9 cm³/mol. The Hall–Kier alpha value is -1.88. The molecule has 20 heavy (non-hydrogen) atoms. The van der Waals surface area contributed by atoms with Crippen molar-refractivity contribution >= 4 is 5.97 Å². The number of aromatic amines is 1. The summed E-state index contributed by atoms with van der Waals surface area (Å²) < 4.78 is 104. The Morgan fingerprint density at radius 3 is 1.95 bits per heavy atom. The van der Waals surface area contributed by atoms with Crippen molar-refractivity contribution < 1.29 is 44.7 Å². The summed E-state index contributed by atoms with van der Waals surface area (Å²) in [6.07, 6.45) is -12.0. The first kappa shape index (κ1) is 16.2. The second kappa shape index (κ2) is 4.59. The Morgan fingerprint density at radius 1 is 1.10 bits per heavy atom. The Labute approximate surface area is 104 Å². The maximum Gasteiger partial charge on any atom is 0.459 e. The molecule has 0 spiro atoms. The van der Waals surface area contributed by atoms with E-state index < -0.39 is 41.2 Å². The number of alkyl halides is 8. The van der Waals surface area contributed by atoms with Crippen LogP contribution in [0.1, 0.15) is 21.7 Å². The third-order valence-electron chi connectivity index (χ3n) is 2.09. The second-order valence-corrected chi connectivity index (χ2v) is 3.38. The number of hydrogen-bond acceptors (Lipinski definition) is 3. The molecule has 0 saturated carbocycles. The van der Waals surface area contributed by atoms with Crippen LogP contribution in [-0.4, -0.2) is 29.5 Å². The molecule has 0 saturated heterocycles. The SMILES string of the molecule is COC(=O)c1[nH]nc(C(F)(F)C(F)(F)F)c1C(F)(F)F. The van der Waals surface area contributed by atoms with Gasteiger partial charge in [0, 0.05) is 0 Å². The third kappa shape index (κ3) is 2.54. The molecule has 0 radical (unpaired) electrons. The van der Waals surface area contributed by atoms with Gasteiger partial charge in [0.05, 0.1) is 7.11 Å². The Balaban J connectivity index is 3.59. The van der Waals surface area contributed by atoms with Crippen molar-refractivity contribution in [3.8, 4) is 0 Å². The van der Waals surface area contributed by atoms with Crippen LogP contribution in [0.4, 0.5) is 35.1 Å². The molecule has 0 aromatic carbocycles. The van der Waals surface area contributed by atoms with E-state index in [0.29, 0.717) is 7.11 Å². The lowest BCUT2D eigenvalue weighted by atomic mass is 10.1. The highest BCUT2D eigenvalue weighted by molar-refractivity contribution is 5.89. The monoisotopic (exact) mass is 312 g/mol. The van der Waals surface area contributed by atoms with Crippen LogP contribution in [0.25, 0.3) is 0 Å². The van der Waals surface area contributed by atoms with Crippen molar-refractivity contribution in [3.63, 3.8) is 0 Å². The largest absolute Gasteiger partial charge is 0.464 e. The van der Waals surface area contributed by atoms with Crippen LogP contribution in [0.5, 0.6) is 0 Å². The number of aromatic nitrogens is 2. The van der Waals surface area contributed by atoms with Crippen LogP contribution in [0.3, 0.4) is 0 Å². The summed E-state index contributed by atoms with van der Waals surface area (Å²) in [5, 5.41) is 3.46. The quantitative estimate of drug-likeness (QED) is 0.675. The number of ether oxygens (including phenoxy) is 1. The molecule has 0 amide bonds. The summed E-state index contributed by atoms with van der Waals surface area (Å²) in [6.45, 7) is 0. The fourth-order valence-electron chi connectivity index (χ4n) is 1.23. The third-order valence-corrected chi connectivity index (χ3v) is 2.09. The molecule has 0 aliphatic heterocycles. The number of carbonyl (C=O) groups excluding carboxylic acids is 1. The molecule has 0 bridgehead atoms. The molecule has 1 heterocycles. The van der Waals surface area contributed by atoms with Gasteiger partial charge in [-0.15, -0.1) is 0 Å². The van der Waals surface area contributed by atoms with Gasteiger partial charge >= 0.3 is 24.2 Å². The van der Waals surface area contributed by atoms with Crippen molar-refractivity contribution in [3.05, 3.63) is 17.0 Å². The molecule has 0 unspecified atom stereocenters. The lowest BCUT2D eigenvalue weighted by molar-refractivity contribution is -0.292. The molecule has 4 nitrogen and oxygen atoms in total. The Bertz CT molecular complexity index is 516. The van der Waals surface area contributed by atoms with Crippen molar-refractivity contribution in [1.29, 1.82) is 0 Å².